The molecule has 0 spiro atoms. The van der Waals surface area contributed by atoms with E-state index in [-0.39, 0.29) is 29.9 Å². The van der Waals surface area contributed by atoms with E-state index in [0.717, 1.165) is 37.9 Å². The first kappa shape index (κ1) is 29.3. The van der Waals surface area contributed by atoms with Crippen LogP contribution >= 0.6 is 0 Å². The molecular weight excluding hydrogens is 577 g/mol. The summed E-state index contributed by atoms with van der Waals surface area (Å²) in [6, 6.07) is 7.30. The molecule has 222 valence electrons. The molecule has 14 heteroatoms. The van der Waals surface area contributed by atoms with Gasteiger partial charge >= 0.3 is 6.18 Å². The Balaban J connectivity index is 1.49. The fourth-order valence-electron chi connectivity index (χ4n) is 4.88. The number of hydrogen-bond donors (Lipinski definition) is 2. The Kier molecular flexibility index (Phi) is 8.10. The highest BCUT2D eigenvalue weighted by Crippen LogP contribution is 2.40. The number of methoxy groups -OCH3 is 1. The summed E-state index contributed by atoms with van der Waals surface area (Å²) in [6.45, 7) is -0.00320. The number of halogens is 3. The number of nitrogens with two attached hydrogens (primary N) is 1. The highest BCUT2D eigenvalue weighted by Gasteiger charge is 2.38. The fourth-order valence-corrected chi connectivity index (χ4v) is 6.25. The SMILES string of the molecule is CO[C@H]1CC[C@H](COc2ncc(S(=O)(=O)c3cccc(C(N)=O)c3Oc3cnc4[nH]ccc4c3)cc2C(F)(F)F)CC1. The number of alkyl halides is 3. The number of benzene rings is 1. The Labute approximate surface area is 238 Å². The molecule has 1 aromatic carbocycles. The zero-order valence-electron chi connectivity index (χ0n) is 22.3. The minimum atomic E-state index is -4.96. The van der Waals surface area contributed by atoms with Crippen LogP contribution < -0.4 is 15.2 Å². The number of H-pyrrole nitrogens is 1. The Morgan fingerprint density at radius 2 is 1.86 bits per heavy atom. The fraction of sp³-hybridized carbons (Fsp3) is 0.321. The third-order valence-corrected chi connectivity index (χ3v) is 8.90. The number of hydrogen-bond acceptors (Lipinski definition) is 8. The largest absolute Gasteiger partial charge is 0.477 e. The van der Waals surface area contributed by atoms with Crippen LogP contribution in [0.3, 0.4) is 0 Å². The van der Waals surface area contributed by atoms with Crippen molar-refractivity contribution in [3.8, 4) is 17.4 Å². The van der Waals surface area contributed by atoms with E-state index in [2.05, 4.69) is 15.0 Å². The van der Waals surface area contributed by atoms with Crippen molar-refractivity contribution in [1.29, 1.82) is 0 Å². The van der Waals surface area contributed by atoms with Gasteiger partial charge in [-0.1, -0.05) is 6.07 Å². The van der Waals surface area contributed by atoms with Crippen molar-refractivity contribution in [2.75, 3.05) is 13.7 Å². The predicted molar refractivity (Wildman–Crippen MR) is 144 cm³/mol. The molecule has 0 radical (unpaired) electrons. The van der Waals surface area contributed by atoms with Crippen LogP contribution in [0.25, 0.3) is 11.0 Å². The maximum absolute atomic E-state index is 14.1. The van der Waals surface area contributed by atoms with Crippen LogP contribution in [0.2, 0.25) is 0 Å². The molecule has 0 unspecified atom stereocenters. The number of nitrogens with one attached hydrogen (secondary N) is 1. The van der Waals surface area contributed by atoms with Crippen LogP contribution in [0.4, 0.5) is 13.2 Å². The minimum Gasteiger partial charge on any atom is -0.477 e. The highest BCUT2D eigenvalue weighted by atomic mass is 32.2. The van der Waals surface area contributed by atoms with Gasteiger partial charge in [0, 0.05) is 24.9 Å². The number of fused-ring (bicyclic) bond motifs is 1. The van der Waals surface area contributed by atoms with Crippen LogP contribution in [0.1, 0.15) is 41.6 Å². The summed E-state index contributed by atoms with van der Waals surface area (Å²) in [7, 11) is -3.09. The normalized spacial score (nSPS) is 17.7. The van der Waals surface area contributed by atoms with E-state index < -0.39 is 48.9 Å². The molecule has 0 bridgehead atoms. The van der Waals surface area contributed by atoms with Gasteiger partial charge < -0.3 is 24.9 Å². The van der Waals surface area contributed by atoms with Gasteiger partial charge in [0.15, 0.2) is 5.75 Å². The first-order chi connectivity index (χ1) is 20.0. The van der Waals surface area contributed by atoms with E-state index in [0.29, 0.717) is 17.1 Å². The summed E-state index contributed by atoms with van der Waals surface area (Å²) in [5, 5.41) is 0.634. The van der Waals surface area contributed by atoms with Crippen molar-refractivity contribution in [2.24, 2.45) is 11.7 Å². The predicted octanol–water partition coefficient (Wildman–Crippen LogP) is 5.28. The summed E-state index contributed by atoms with van der Waals surface area (Å²) in [6.07, 6.45) is 1.85. The summed E-state index contributed by atoms with van der Waals surface area (Å²) in [5.74, 6) is -2.09. The van der Waals surface area contributed by atoms with Crippen molar-refractivity contribution < 1.29 is 40.6 Å². The van der Waals surface area contributed by atoms with Crippen LogP contribution in [0.5, 0.6) is 17.4 Å². The number of nitrogens with zero attached hydrogens (tertiary/aromatic N) is 2. The molecule has 3 aromatic heterocycles. The Morgan fingerprint density at radius 3 is 2.55 bits per heavy atom. The van der Waals surface area contributed by atoms with Crippen molar-refractivity contribution in [3.63, 3.8) is 0 Å². The van der Waals surface area contributed by atoms with Crippen LogP contribution in [-0.4, -0.2) is 49.1 Å². The van der Waals surface area contributed by atoms with Crippen LogP contribution in [0.15, 0.2) is 64.8 Å². The van der Waals surface area contributed by atoms with Gasteiger partial charge in [0.25, 0.3) is 5.91 Å². The summed E-state index contributed by atoms with van der Waals surface area (Å²) in [4.78, 5) is 21.7. The summed E-state index contributed by atoms with van der Waals surface area (Å²) < 4.78 is 86.3. The first-order valence-electron chi connectivity index (χ1n) is 13.0. The molecule has 5 rings (SSSR count). The zero-order chi connectivity index (χ0) is 30.1. The molecule has 1 amide bonds. The Bertz CT molecular complexity index is 1720. The molecule has 3 heterocycles. The van der Waals surface area contributed by atoms with Crippen molar-refractivity contribution in [1.82, 2.24) is 15.0 Å². The molecule has 3 N–H and O–H groups in total. The zero-order valence-corrected chi connectivity index (χ0v) is 23.2. The molecular formula is C28H27F3N4O6S. The summed E-state index contributed by atoms with van der Waals surface area (Å²) in [5.41, 5.74) is 4.38. The molecule has 0 saturated heterocycles. The van der Waals surface area contributed by atoms with E-state index in [1.807, 2.05) is 0 Å². The van der Waals surface area contributed by atoms with E-state index in [9.17, 15) is 26.4 Å². The van der Waals surface area contributed by atoms with Crippen molar-refractivity contribution in [2.45, 2.75) is 47.8 Å². The quantitative estimate of drug-likeness (QED) is 0.262. The van der Waals surface area contributed by atoms with Crippen LogP contribution in [-0.2, 0) is 20.8 Å². The molecule has 10 nitrogen and oxygen atoms in total. The van der Waals surface area contributed by atoms with Gasteiger partial charge in [-0.15, -0.1) is 0 Å². The minimum absolute atomic E-state index is 0.00320. The van der Waals surface area contributed by atoms with Crippen molar-refractivity contribution in [3.05, 3.63) is 66.1 Å². The number of para-hydroxylation sites is 1. The number of primary amides is 1. The number of aromatic amines is 1. The van der Waals surface area contributed by atoms with Gasteiger partial charge in [0.1, 0.15) is 21.9 Å². The van der Waals surface area contributed by atoms with Gasteiger partial charge in [0.05, 0.1) is 29.4 Å². The Hall–Kier alpha value is -4.17. The van der Waals surface area contributed by atoms with E-state index >= 15 is 0 Å². The van der Waals surface area contributed by atoms with Gasteiger partial charge in [-0.25, -0.2) is 18.4 Å². The molecule has 4 aromatic rings. The van der Waals surface area contributed by atoms with Gasteiger partial charge in [0.2, 0.25) is 15.7 Å². The van der Waals surface area contributed by atoms with E-state index in [4.69, 9.17) is 19.9 Å². The second-order valence-corrected chi connectivity index (χ2v) is 11.8. The van der Waals surface area contributed by atoms with Gasteiger partial charge in [-0.3, -0.25) is 4.79 Å². The number of sulfone groups is 1. The molecule has 1 fully saturated rings. The third kappa shape index (κ3) is 6.04. The smallest absolute Gasteiger partial charge is 0.421 e. The second kappa shape index (κ2) is 11.6. The monoisotopic (exact) mass is 604 g/mol. The Morgan fingerprint density at radius 1 is 1.10 bits per heavy atom. The molecule has 0 atom stereocenters. The molecule has 1 aliphatic carbocycles. The number of pyridine rings is 2. The standard InChI is InChI=1S/C28H27F3N4O6S/c1-39-18-7-5-16(6-8-18)15-40-27-22(28(29,30)31)12-20(14-35-27)42(37,38)23-4-2-3-21(25(32)36)24(23)41-19-11-17-9-10-33-26(17)34-13-19/h2-4,9-14,16,18H,5-8,15H2,1H3,(H2,32,36)(H,33,34)/t16-,18-. The second-order valence-electron chi connectivity index (χ2n) is 9.90. The average molecular weight is 605 g/mol. The number of carbonyl (C=O) groups excluding carboxylic acids is 1. The lowest BCUT2D eigenvalue weighted by Gasteiger charge is -2.27. The molecule has 1 saturated carbocycles. The average Bonchev–Trinajstić information content (AvgIpc) is 3.43. The van der Waals surface area contributed by atoms with Crippen LogP contribution in [0, 0.1) is 5.92 Å². The molecule has 0 aliphatic heterocycles. The first-order valence-corrected chi connectivity index (χ1v) is 14.5. The number of rotatable bonds is 9. The number of ether oxygens (including phenoxy) is 3. The number of aromatic nitrogens is 3. The number of amides is 1. The topological polar surface area (TPSA) is 146 Å². The lowest BCUT2D eigenvalue weighted by Crippen LogP contribution is -2.24. The van der Waals surface area contributed by atoms with E-state index in [1.54, 1.807) is 25.4 Å². The van der Waals surface area contributed by atoms with Gasteiger partial charge in [-0.05, 0) is 61.9 Å². The van der Waals surface area contributed by atoms with Crippen molar-refractivity contribution >= 4 is 26.8 Å². The highest BCUT2D eigenvalue weighted by molar-refractivity contribution is 7.91. The maximum atomic E-state index is 14.1. The lowest BCUT2D eigenvalue weighted by atomic mass is 9.88. The molecule has 1 aliphatic rings. The van der Waals surface area contributed by atoms with Gasteiger partial charge in [-0.2, -0.15) is 13.2 Å². The van der Waals surface area contributed by atoms with E-state index in [1.165, 1.54) is 18.3 Å². The number of carbonyl (C=O) groups is 1. The summed E-state index contributed by atoms with van der Waals surface area (Å²) >= 11 is 0. The maximum Gasteiger partial charge on any atom is 0.421 e. The third-order valence-electron chi connectivity index (χ3n) is 7.15. The molecule has 42 heavy (non-hydrogen) atoms. The lowest BCUT2D eigenvalue weighted by molar-refractivity contribution is -0.139.